The number of ether oxygens (including phenoxy) is 1. The van der Waals surface area contributed by atoms with Gasteiger partial charge in [-0.05, 0) is 6.92 Å². The summed E-state index contributed by atoms with van der Waals surface area (Å²) in [4.78, 5) is 2.60. The van der Waals surface area contributed by atoms with Crippen molar-refractivity contribution in [3.63, 3.8) is 0 Å². The number of hydrazine groups is 1. The third-order valence-corrected chi connectivity index (χ3v) is 4.35. The first-order valence-corrected chi connectivity index (χ1v) is 7.54. The molecule has 0 amide bonds. The molecule has 7 heteroatoms. The van der Waals surface area contributed by atoms with Crippen molar-refractivity contribution in [2.45, 2.75) is 32.1 Å². The number of hydrogen-bond donors (Lipinski definition) is 2. The van der Waals surface area contributed by atoms with Crippen molar-refractivity contribution in [3.05, 3.63) is 0 Å². The van der Waals surface area contributed by atoms with Gasteiger partial charge in [0.05, 0.1) is 18.5 Å². The molecule has 0 aromatic rings. The summed E-state index contributed by atoms with van der Waals surface area (Å²) < 4.78 is 29.1. The molecule has 102 valence electrons. The van der Waals surface area contributed by atoms with Gasteiger partial charge in [-0.1, -0.05) is 13.8 Å². The van der Waals surface area contributed by atoms with Crippen molar-refractivity contribution in [2.24, 2.45) is 0 Å². The fourth-order valence-corrected chi connectivity index (χ4v) is 2.47. The Balaban J connectivity index is 2.43. The van der Waals surface area contributed by atoms with Crippen LogP contribution in [0.3, 0.4) is 0 Å². The van der Waals surface area contributed by atoms with E-state index in [1.807, 2.05) is 13.8 Å². The molecule has 0 radical (unpaired) electrons. The highest BCUT2D eigenvalue weighted by molar-refractivity contribution is 7.90. The zero-order valence-electron chi connectivity index (χ0n) is 10.8. The van der Waals surface area contributed by atoms with E-state index >= 15 is 0 Å². The van der Waals surface area contributed by atoms with Gasteiger partial charge in [-0.15, -0.1) is 4.83 Å². The Morgan fingerprint density at radius 2 is 1.82 bits per heavy atom. The molecule has 0 bridgehead atoms. The molecular weight excluding hydrogens is 242 g/mol. The minimum absolute atomic E-state index is 0.288. The monoisotopic (exact) mass is 265 g/mol. The molecule has 0 aromatic heterocycles. The van der Waals surface area contributed by atoms with Crippen molar-refractivity contribution in [1.29, 1.82) is 0 Å². The van der Waals surface area contributed by atoms with Gasteiger partial charge in [0, 0.05) is 25.7 Å². The van der Waals surface area contributed by atoms with Gasteiger partial charge in [0.15, 0.2) is 0 Å². The Kier molecular flexibility index (Phi) is 5.81. The maximum atomic E-state index is 12.0. The second-order valence-electron chi connectivity index (χ2n) is 4.61. The summed E-state index contributed by atoms with van der Waals surface area (Å²) >= 11 is 0. The summed E-state index contributed by atoms with van der Waals surface area (Å²) in [5, 5.41) is 4.37. The number of sulfonamides is 1. The van der Waals surface area contributed by atoms with E-state index in [2.05, 4.69) is 10.1 Å². The van der Waals surface area contributed by atoms with Gasteiger partial charge in [-0.25, -0.2) is 13.4 Å². The van der Waals surface area contributed by atoms with Crippen molar-refractivity contribution in [1.82, 2.24) is 15.2 Å². The average Bonchev–Trinajstić information content (AvgIpc) is 2.26. The molecular formula is C10H23N3O3S. The maximum absolute atomic E-state index is 12.0. The molecule has 1 atom stereocenters. The largest absolute Gasteiger partial charge is 0.379 e. The van der Waals surface area contributed by atoms with Crippen LogP contribution in [0.4, 0.5) is 0 Å². The van der Waals surface area contributed by atoms with Crippen LogP contribution in [0.25, 0.3) is 0 Å². The van der Waals surface area contributed by atoms with Gasteiger partial charge in [0.2, 0.25) is 10.0 Å². The first-order valence-electron chi connectivity index (χ1n) is 5.99. The highest BCUT2D eigenvalue weighted by Gasteiger charge is 2.24. The summed E-state index contributed by atoms with van der Waals surface area (Å²) in [5.74, 6) is 0. The quantitative estimate of drug-likeness (QED) is 0.680. The molecule has 1 unspecified atom stereocenters. The topological polar surface area (TPSA) is 70.7 Å². The first-order chi connectivity index (χ1) is 7.92. The number of hydrogen-bond acceptors (Lipinski definition) is 5. The molecule has 0 aliphatic carbocycles. The van der Waals surface area contributed by atoms with Gasteiger partial charge in [-0.2, -0.15) is 0 Å². The number of morpholine rings is 1. The fourth-order valence-electron chi connectivity index (χ4n) is 1.44. The fraction of sp³-hybridized carbons (Fsp3) is 1.00. The van der Waals surface area contributed by atoms with Crippen LogP contribution in [0, 0.1) is 0 Å². The van der Waals surface area contributed by atoms with Gasteiger partial charge in [0.25, 0.3) is 0 Å². The molecule has 1 aliphatic heterocycles. The Morgan fingerprint density at radius 3 is 2.35 bits per heavy atom. The molecule has 6 nitrogen and oxygen atoms in total. The summed E-state index contributed by atoms with van der Waals surface area (Å²) in [6.07, 6.45) is 0. The predicted octanol–water partition coefficient (Wildman–Crippen LogP) is -0.460. The zero-order chi connectivity index (χ0) is 12.9. The number of nitrogens with zero attached hydrogens (tertiary/aromatic N) is 1. The van der Waals surface area contributed by atoms with Crippen LogP contribution >= 0.6 is 0 Å². The summed E-state index contributed by atoms with van der Waals surface area (Å²) in [7, 11) is -3.30. The van der Waals surface area contributed by atoms with Gasteiger partial charge >= 0.3 is 0 Å². The van der Waals surface area contributed by atoms with Crippen LogP contribution in [0.1, 0.15) is 20.8 Å². The third-order valence-electron chi connectivity index (χ3n) is 2.61. The molecule has 1 aliphatic rings. The standard InChI is InChI=1S/C10H23N3O3S/c1-9(2)11-8-10(3)17(14,15)12-13-4-6-16-7-5-13/h9-12H,4-8H2,1-3H3. The van der Waals surface area contributed by atoms with E-state index in [1.165, 1.54) is 0 Å². The number of nitrogens with one attached hydrogen (secondary N) is 2. The van der Waals surface area contributed by atoms with E-state index in [0.717, 1.165) is 0 Å². The molecule has 1 rings (SSSR count). The lowest BCUT2D eigenvalue weighted by atomic mass is 10.3. The van der Waals surface area contributed by atoms with Crippen molar-refractivity contribution < 1.29 is 13.2 Å². The molecule has 0 saturated carbocycles. The highest BCUT2D eigenvalue weighted by Crippen LogP contribution is 2.01. The average molecular weight is 265 g/mol. The first kappa shape index (κ1) is 14.8. The lowest BCUT2D eigenvalue weighted by Crippen LogP contribution is -2.52. The van der Waals surface area contributed by atoms with Gasteiger partial charge in [0.1, 0.15) is 0 Å². The lowest BCUT2D eigenvalue weighted by molar-refractivity contribution is 0.0271. The number of rotatable bonds is 6. The van der Waals surface area contributed by atoms with Crippen LogP contribution < -0.4 is 10.1 Å². The predicted molar refractivity (Wildman–Crippen MR) is 67.0 cm³/mol. The van der Waals surface area contributed by atoms with Crippen LogP contribution in [0.15, 0.2) is 0 Å². The van der Waals surface area contributed by atoms with E-state index < -0.39 is 15.3 Å². The smallest absolute Gasteiger partial charge is 0.228 e. The van der Waals surface area contributed by atoms with E-state index in [9.17, 15) is 8.42 Å². The second-order valence-corrected chi connectivity index (χ2v) is 6.69. The van der Waals surface area contributed by atoms with Crippen molar-refractivity contribution in [3.8, 4) is 0 Å². The molecule has 0 aromatic carbocycles. The Labute approximate surface area is 104 Å². The van der Waals surface area contributed by atoms with E-state index in [0.29, 0.717) is 32.8 Å². The van der Waals surface area contributed by atoms with E-state index in [-0.39, 0.29) is 6.04 Å². The van der Waals surface area contributed by atoms with Gasteiger partial charge < -0.3 is 10.1 Å². The summed E-state index contributed by atoms with van der Waals surface area (Å²) in [6.45, 7) is 8.49. The van der Waals surface area contributed by atoms with Crippen LogP contribution in [-0.2, 0) is 14.8 Å². The highest BCUT2D eigenvalue weighted by atomic mass is 32.2. The van der Waals surface area contributed by atoms with Crippen LogP contribution in [-0.4, -0.2) is 57.6 Å². The summed E-state index contributed by atoms with van der Waals surface area (Å²) in [5.41, 5.74) is 0. The van der Waals surface area contributed by atoms with Crippen LogP contribution in [0.2, 0.25) is 0 Å². The maximum Gasteiger partial charge on any atom is 0.228 e. The Hall–Kier alpha value is -0.210. The molecule has 1 heterocycles. The lowest BCUT2D eigenvalue weighted by Gasteiger charge is -2.28. The summed E-state index contributed by atoms with van der Waals surface area (Å²) in [6, 6.07) is 0.288. The molecule has 1 saturated heterocycles. The van der Waals surface area contributed by atoms with Crippen LogP contribution in [0.5, 0.6) is 0 Å². The molecule has 2 N–H and O–H groups in total. The molecule has 17 heavy (non-hydrogen) atoms. The van der Waals surface area contributed by atoms with Gasteiger partial charge in [-0.3, -0.25) is 0 Å². The minimum Gasteiger partial charge on any atom is -0.379 e. The Morgan fingerprint density at radius 1 is 1.24 bits per heavy atom. The minimum atomic E-state index is -3.30. The Bertz CT molecular complexity index is 313. The normalized spacial score (nSPS) is 20.7. The third kappa shape index (κ3) is 5.31. The van der Waals surface area contributed by atoms with E-state index in [4.69, 9.17) is 4.74 Å². The SMILES string of the molecule is CC(C)NCC(C)S(=O)(=O)NN1CCOCC1. The zero-order valence-corrected chi connectivity index (χ0v) is 11.6. The molecule has 0 spiro atoms. The second kappa shape index (κ2) is 6.65. The van der Waals surface area contributed by atoms with E-state index in [1.54, 1.807) is 11.9 Å². The van der Waals surface area contributed by atoms with Crippen molar-refractivity contribution in [2.75, 3.05) is 32.8 Å². The molecule has 1 fully saturated rings. The van der Waals surface area contributed by atoms with Crippen molar-refractivity contribution >= 4 is 10.0 Å².